The molecule has 2 rings (SSSR count). The van der Waals surface area contributed by atoms with E-state index in [4.69, 9.17) is 9.47 Å². The summed E-state index contributed by atoms with van der Waals surface area (Å²) in [6, 6.07) is 6.34. The predicted octanol–water partition coefficient (Wildman–Crippen LogP) is 2.16. The molecule has 0 unspecified atom stereocenters. The summed E-state index contributed by atoms with van der Waals surface area (Å²) in [4.78, 5) is 0. The van der Waals surface area contributed by atoms with Crippen molar-refractivity contribution in [3.63, 3.8) is 0 Å². The Morgan fingerprint density at radius 3 is 2.47 bits per heavy atom. The van der Waals surface area contributed by atoms with E-state index >= 15 is 0 Å². The van der Waals surface area contributed by atoms with E-state index in [-0.39, 0.29) is 12.4 Å². The van der Waals surface area contributed by atoms with Gasteiger partial charge in [-0.15, -0.1) is 12.4 Å². The van der Waals surface area contributed by atoms with Gasteiger partial charge < -0.3 is 14.8 Å². The first-order valence-electron chi connectivity index (χ1n) is 4.80. The zero-order valence-corrected chi connectivity index (χ0v) is 9.76. The van der Waals surface area contributed by atoms with Crippen LogP contribution in [0.5, 0.6) is 11.5 Å². The lowest BCUT2D eigenvalue weighted by Gasteiger charge is -2.29. The summed E-state index contributed by atoms with van der Waals surface area (Å²) in [5.41, 5.74) is 1.19. The zero-order chi connectivity index (χ0) is 9.97. The summed E-state index contributed by atoms with van der Waals surface area (Å²) in [7, 11) is 3.38. The second-order valence-electron chi connectivity index (χ2n) is 3.40. The van der Waals surface area contributed by atoms with Crippen molar-refractivity contribution >= 4 is 12.4 Å². The highest BCUT2D eigenvalue weighted by Crippen LogP contribution is 2.33. The number of hydrogen-bond donors (Lipinski definition) is 1. The van der Waals surface area contributed by atoms with Gasteiger partial charge in [-0.2, -0.15) is 0 Å². The Morgan fingerprint density at radius 2 is 2.00 bits per heavy atom. The van der Waals surface area contributed by atoms with Crippen molar-refractivity contribution in [3.05, 3.63) is 23.8 Å². The first-order chi connectivity index (χ1) is 6.85. The maximum Gasteiger partial charge on any atom is 0.123 e. The number of hydrogen-bond acceptors (Lipinski definition) is 3. The summed E-state index contributed by atoms with van der Waals surface area (Å²) in [6.45, 7) is 1.09. The Morgan fingerprint density at radius 1 is 1.27 bits per heavy atom. The van der Waals surface area contributed by atoms with Crippen molar-refractivity contribution < 1.29 is 9.47 Å². The lowest BCUT2D eigenvalue weighted by atomic mass is 9.97. The number of halogens is 1. The minimum atomic E-state index is 0. The lowest BCUT2D eigenvalue weighted by molar-refractivity contribution is 0.349. The number of benzene rings is 1. The Labute approximate surface area is 96.2 Å². The third-order valence-electron chi connectivity index (χ3n) is 2.64. The van der Waals surface area contributed by atoms with Crippen molar-refractivity contribution in [2.75, 3.05) is 20.8 Å². The molecule has 0 amide bonds. The Hall–Kier alpha value is -0.930. The molecule has 1 atom stereocenters. The van der Waals surface area contributed by atoms with Crippen LogP contribution < -0.4 is 14.8 Å². The summed E-state index contributed by atoms with van der Waals surface area (Å²) < 4.78 is 10.5. The lowest BCUT2D eigenvalue weighted by Crippen LogP contribution is -2.35. The summed E-state index contributed by atoms with van der Waals surface area (Å²) in [6.07, 6.45) is 1.17. The Bertz CT molecular complexity index is 326. The van der Waals surface area contributed by atoms with Gasteiger partial charge in [-0.05, 0) is 31.2 Å². The van der Waals surface area contributed by atoms with Crippen LogP contribution >= 0.6 is 12.4 Å². The second kappa shape index (κ2) is 5.24. The molecule has 4 heteroatoms. The van der Waals surface area contributed by atoms with Crippen LogP contribution in [0.3, 0.4) is 0 Å². The summed E-state index contributed by atoms with van der Waals surface area (Å²) in [5, 5.41) is 3.35. The second-order valence-corrected chi connectivity index (χ2v) is 3.40. The van der Waals surface area contributed by atoms with E-state index in [0.29, 0.717) is 6.04 Å². The molecule has 3 nitrogen and oxygen atoms in total. The molecule has 1 aromatic rings. The molecule has 1 N–H and O–H groups in total. The van der Waals surface area contributed by atoms with E-state index in [0.717, 1.165) is 18.0 Å². The molecule has 1 aliphatic heterocycles. The Kier molecular flexibility index (Phi) is 4.24. The van der Waals surface area contributed by atoms with Crippen LogP contribution in [0, 0.1) is 0 Å². The molecule has 84 valence electrons. The van der Waals surface area contributed by atoms with Crippen LogP contribution in [0.15, 0.2) is 18.2 Å². The molecule has 1 fully saturated rings. The molecular weight excluding hydrogens is 214 g/mol. The third kappa shape index (κ3) is 2.36. The van der Waals surface area contributed by atoms with E-state index in [1.54, 1.807) is 14.2 Å². The molecule has 1 aliphatic rings. The highest BCUT2D eigenvalue weighted by molar-refractivity contribution is 5.85. The minimum absolute atomic E-state index is 0. The van der Waals surface area contributed by atoms with Crippen LogP contribution in [-0.2, 0) is 0 Å². The SMILES string of the molecule is COc1ccc(OC)c([C@@H]2CCN2)c1.Cl. The van der Waals surface area contributed by atoms with Gasteiger partial charge in [-0.1, -0.05) is 0 Å². The monoisotopic (exact) mass is 229 g/mol. The average Bonchev–Trinajstić information content (AvgIpc) is 2.15. The molecule has 1 saturated heterocycles. The fourth-order valence-corrected chi connectivity index (χ4v) is 1.67. The van der Waals surface area contributed by atoms with Crippen molar-refractivity contribution in [2.45, 2.75) is 12.5 Å². The fourth-order valence-electron chi connectivity index (χ4n) is 1.67. The average molecular weight is 230 g/mol. The maximum absolute atomic E-state index is 5.31. The van der Waals surface area contributed by atoms with Crippen LogP contribution in [0.25, 0.3) is 0 Å². The molecule has 1 heterocycles. The third-order valence-corrected chi connectivity index (χ3v) is 2.64. The molecule has 15 heavy (non-hydrogen) atoms. The number of methoxy groups -OCH3 is 2. The van der Waals surface area contributed by atoms with Gasteiger partial charge in [0, 0.05) is 11.6 Å². The van der Waals surface area contributed by atoms with E-state index in [2.05, 4.69) is 5.32 Å². The van der Waals surface area contributed by atoms with Gasteiger partial charge in [0.2, 0.25) is 0 Å². The van der Waals surface area contributed by atoms with Crippen molar-refractivity contribution in [1.29, 1.82) is 0 Å². The number of nitrogens with one attached hydrogen (secondary N) is 1. The van der Waals surface area contributed by atoms with Crippen molar-refractivity contribution in [1.82, 2.24) is 5.32 Å². The van der Waals surface area contributed by atoms with Crippen molar-refractivity contribution in [3.8, 4) is 11.5 Å². The Balaban J connectivity index is 0.00000112. The van der Waals surface area contributed by atoms with Gasteiger partial charge in [-0.3, -0.25) is 0 Å². The largest absolute Gasteiger partial charge is 0.497 e. The maximum atomic E-state index is 5.31. The van der Waals surface area contributed by atoms with Crippen LogP contribution in [0.1, 0.15) is 18.0 Å². The quantitative estimate of drug-likeness (QED) is 0.862. The topological polar surface area (TPSA) is 30.5 Å². The standard InChI is InChI=1S/C11H15NO2.ClH/c1-13-8-3-4-11(14-2)9(7-8)10-5-6-12-10;/h3-4,7,10,12H,5-6H2,1-2H3;1H/t10-;/m0./s1. The first kappa shape index (κ1) is 12.1. The molecule has 0 aliphatic carbocycles. The first-order valence-corrected chi connectivity index (χ1v) is 4.80. The van der Waals surface area contributed by atoms with E-state index < -0.39 is 0 Å². The zero-order valence-electron chi connectivity index (χ0n) is 8.95. The van der Waals surface area contributed by atoms with Gasteiger partial charge in [0.25, 0.3) is 0 Å². The predicted molar refractivity (Wildman–Crippen MR) is 62.2 cm³/mol. The minimum Gasteiger partial charge on any atom is -0.497 e. The highest BCUT2D eigenvalue weighted by Gasteiger charge is 2.22. The highest BCUT2D eigenvalue weighted by atomic mass is 35.5. The van der Waals surface area contributed by atoms with Crippen LogP contribution in [-0.4, -0.2) is 20.8 Å². The molecule has 0 radical (unpaired) electrons. The van der Waals surface area contributed by atoms with E-state index in [1.165, 1.54) is 12.0 Å². The number of ether oxygens (including phenoxy) is 2. The number of rotatable bonds is 3. The van der Waals surface area contributed by atoms with Crippen LogP contribution in [0.2, 0.25) is 0 Å². The molecule has 0 bridgehead atoms. The smallest absolute Gasteiger partial charge is 0.123 e. The van der Waals surface area contributed by atoms with E-state index in [9.17, 15) is 0 Å². The van der Waals surface area contributed by atoms with Gasteiger partial charge in [-0.25, -0.2) is 0 Å². The summed E-state index contributed by atoms with van der Waals surface area (Å²) >= 11 is 0. The molecule has 1 aromatic carbocycles. The summed E-state index contributed by atoms with van der Waals surface area (Å²) in [5.74, 6) is 1.82. The molecule has 0 aromatic heterocycles. The van der Waals surface area contributed by atoms with Gasteiger partial charge in [0.15, 0.2) is 0 Å². The molecule has 0 saturated carbocycles. The van der Waals surface area contributed by atoms with Gasteiger partial charge in [0.05, 0.1) is 14.2 Å². The van der Waals surface area contributed by atoms with E-state index in [1.807, 2.05) is 18.2 Å². The molecular formula is C11H16ClNO2. The van der Waals surface area contributed by atoms with Crippen LogP contribution in [0.4, 0.5) is 0 Å². The molecule has 0 spiro atoms. The van der Waals surface area contributed by atoms with Gasteiger partial charge >= 0.3 is 0 Å². The van der Waals surface area contributed by atoms with Crippen molar-refractivity contribution in [2.24, 2.45) is 0 Å². The fraction of sp³-hybridized carbons (Fsp3) is 0.455. The normalized spacial score (nSPS) is 18.7. The van der Waals surface area contributed by atoms with Gasteiger partial charge in [0.1, 0.15) is 11.5 Å².